The third-order valence-corrected chi connectivity index (χ3v) is 5.22. The number of hydrogen-bond donors (Lipinski definition) is 1. The molecule has 0 aliphatic heterocycles. The fraction of sp³-hybridized carbons (Fsp3) is 0.278. The first kappa shape index (κ1) is 16.1. The van der Waals surface area contributed by atoms with Gasteiger partial charge in [0.15, 0.2) is 0 Å². The van der Waals surface area contributed by atoms with E-state index in [0.29, 0.717) is 5.69 Å². The highest BCUT2D eigenvalue weighted by atomic mass is 35.5. The van der Waals surface area contributed by atoms with Crippen LogP contribution in [0.25, 0.3) is 10.2 Å². The van der Waals surface area contributed by atoms with Gasteiger partial charge in [-0.05, 0) is 37.5 Å². The van der Waals surface area contributed by atoms with Gasteiger partial charge in [-0.1, -0.05) is 41.9 Å². The summed E-state index contributed by atoms with van der Waals surface area (Å²) in [4.78, 5) is 12.5. The molecule has 0 aliphatic carbocycles. The molecule has 0 saturated heterocycles. The zero-order valence-electron chi connectivity index (χ0n) is 13.2. The molecule has 3 nitrogen and oxygen atoms in total. The molecule has 23 heavy (non-hydrogen) atoms. The number of thiophene rings is 1. The first-order chi connectivity index (χ1) is 11.0. The highest BCUT2D eigenvalue weighted by Gasteiger charge is 2.17. The van der Waals surface area contributed by atoms with Gasteiger partial charge in [0.1, 0.15) is 5.69 Å². The average Bonchev–Trinajstić information content (AvgIpc) is 3.04. The molecule has 1 atom stereocenters. The van der Waals surface area contributed by atoms with Crippen molar-refractivity contribution in [3.63, 3.8) is 0 Å². The third-order valence-electron chi connectivity index (χ3n) is 4.02. The predicted octanol–water partition coefficient (Wildman–Crippen LogP) is 4.64. The lowest BCUT2D eigenvalue weighted by Crippen LogP contribution is -2.34. The Bertz CT molecular complexity index is 822. The number of rotatable bonds is 5. The molecule has 0 spiro atoms. The minimum Gasteiger partial charge on any atom is -0.348 e. The average molecular weight is 347 g/mol. The predicted molar refractivity (Wildman–Crippen MR) is 97.5 cm³/mol. The molecule has 120 valence electrons. The molecule has 1 amide bonds. The number of carbonyl (C=O) groups is 1. The number of benzene rings is 1. The number of hydrogen-bond acceptors (Lipinski definition) is 2. The Kier molecular flexibility index (Phi) is 4.74. The van der Waals surface area contributed by atoms with Crippen molar-refractivity contribution < 1.29 is 4.79 Å². The van der Waals surface area contributed by atoms with Crippen molar-refractivity contribution in [3.8, 4) is 0 Å². The summed E-state index contributed by atoms with van der Waals surface area (Å²) in [6.45, 7) is 2.04. The van der Waals surface area contributed by atoms with Crippen molar-refractivity contribution in [2.75, 3.05) is 0 Å². The molecule has 0 saturated carbocycles. The zero-order chi connectivity index (χ0) is 16.4. The van der Waals surface area contributed by atoms with Gasteiger partial charge in [0, 0.05) is 13.1 Å². The highest BCUT2D eigenvalue weighted by Crippen LogP contribution is 2.31. The molecule has 0 bridgehead atoms. The molecule has 2 aromatic heterocycles. The summed E-state index contributed by atoms with van der Waals surface area (Å²) in [5.74, 6) is -0.0346. The van der Waals surface area contributed by atoms with Crippen LogP contribution in [0, 0.1) is 0 Å². The van der Waals surface area contributed by atoms with Crippen LogP contribution in [0.5, 0.6) is 0 Å². The van der Waals surface area contributed by atoms with Crippen molar-refractivity contribution in [2.24, 2.45) is 7.05 Å². The monoisotopic (exact) mass is 346 g/mol. The highest BCUT2D eigenvalue weighted by molar-refractivity contribution is 7.22. The maximum absolute atomic E-state index is 12.5. The summed E-state index contributed by atoms with van der Waals surface area (Å²) in [5.41, 5.74) is 2.97. The van der Waals surface area contributed by atoms with Gasteiger partial charge in [-0.15, -0.1) is 11.3 Å². The fourth-order valence-electron chi connectivity index (χ4n) is 2.70. The number of aromatic nitrogens is 1. The normalized spacial score (nSPS) is 12.5. The lowest BCUT2D eigenvalue weighted by molar-refractivity contribution is 0.0930. The van der Waals surface area contributed by atoms with Crippen LogP contribution in [0.4, 0.5) is 0 Å². The summed E-state index contributed by atoms with van der Waals surface area (Å²) in [7, 11) is 1.90. The van der Waals surface area contributed by atoms with E-state index >= 15 is 0 Å². The van der Waals surface area contributed by atoms with Gasteiger partial charge in [-0.25, -0.2) is 0 Å². The van der Waals surface area contributed by atoms with Crippen LogP contribution in [-0.4, -0.2) is 16.5 Å². The summed E-state index contributed by atoms with van der Waals surface area (Å²) in [6.07, 6.45) is 1.88. The van der Waals surface area contributed by atoms with Crippen molar-refractivity contribution >= 4 is 39.1 Å². The lowest BCUT2D eigenvalue weighted by atomic mass is 10.1. The van der Waals surface area contributed by atoms with Gasteiger partial charge >= 0.3 is 0 Å². The Labute approximate surface area is 144 Å². The molecule has 0 aliphatic rings. The van der Waals surface area contributed by atoms with E-state index in [9.17, 15) is 4.79 Å². The van der Waals surface area contributed by atoms with E-state index in [4.69, 9.17) is 11.6 Å². The summed E-state index contributed by atoms with van der Waals surface area (Å²) in [5, 5.41) is 3.08. The number of amides is 1. The van der Waals surface area contributed by atoms with E-state index in [1.807, 2.05) is 48.9 Å². The zero-order valence-corrected chi connectivity index (χ0v) is 14.7. The van der Waals surface area contributed by atoms with Gasteiger partial charge in [0.2, 0.25) is 0 Å². The summed E-state index contributed by atoms with van der Waals surface area (Å²) < 4.78 is 3.69. The first-order valence-corrected chi connectivity index (χ1v) is 8.83. The molecule has 0 unspecified atom stereocenters. The van der Waals surface area contributed by atoms with Crippen molar-refractivity contribution in [1.82, 2.24) is 9.88 Å². The van der Waals surface area contributed by atoms with E-state index in [1.165, 1.54) is 16.9 Å². The molecule has 0 fully saturated rings. The smallest absolute Gasteiger partial charge is 0.268 e. The van der Waals surface area contributed by atoms with Crippen LogP contribution >= 0.6 is 22.9 Å². The summed E-state index contributed by atoms with van der Waals surface area (Å²) >= 11 is 7.51. The molecule has 2 heterocycles. The lowest BCUT2D eigenvalue weighted by Gasteiger charge is -2.14. The maximum atomic E-state index is 12.5. The second-order valence-electron chi connectivity index (χ2n) is 5.79. The Morgan fingerprint density at radius 3 is 2.74 bits per heavy atom. The molecule has 5 heteroatoms. The third kappa shape index (κ3) is 3.59. The second kappa shape index (κ2) is 6.77. The van der Waals surface area contributed by atoms with Gasteiger partial charge in [-0.3, -0.25) is 4.79 Å². The number of halogens is 1. The molecular formula is C18H19ClN2OS. The Hall–Kier alpha value is -1.78. The number of aryl methyl sites for hydroxylation is 2. The number of nitrogens with one attached hydrogen (secondary N) is 1. The van der Waals surface area contributed by atoms with E-state index in [-0.39, 0.29) is 11.9 Å². The molecule has 1 N–H and O–H groups in total. The van der Waals surface area contributed by atoms with Crippen LogP contribution in [0.15, 0.2) is 42.5 Å². The van der Waals surface area contributed by atoms with E-state index in [2.05, 4.69) is 17.4 Å². The maximum Gasteiger partial charge on any atom is 0.268 e. The van der Waals surface area contributed by atoms with E-state index in [0.717, 1.165) is 27.4 Å². The van der Waals surface area contributed by atoms with Crippen molar-refractivity contribution in [2.45, 2.75) is 25.8 Å². The molecular weight excluding hydrogens is 328 g/mol. The van der Waals surface area contributed by atoms with Crippen LogP contribution in [0.3, 0.4) is 0 Å². The first-order valence-electron chi connectivity index (χ1n) is 7.64. The summed E-state index contributed by atoms with van der Waals surface area (Å²) in [6, 6.07) is 14.3. The standard InChI is InChI=1S/C18H19ClN2OS/c1-12(8-9-13-6-4-3-5-7-13)20-18(22)15-10-16-14(21(15)2)11-17(19)23-16/h3-7,10-12H,8-9H2,1-2H3,(H,20,22)/t12-/m1/s1. The van der Waals surface area contributed by atoms with Crippen LogP contribution < -0.4 is 5.32 Å². The van der Waals surface area contributed by atoms with E-state index < -0.39 is 0 Å². The van der Waals surface area contributed by atoms with E-state index in [1.54, 1.807) is 0 Å². The molecule has 0 radical (unpaired) electrons. The van der Waals surface area contributed by atoms with Crippen molar-refractivity contribution in [3.05, 3.63) is 58.1 Å². The largest absolute Gasteiger partial charge is 0.348 e. The van der Waals surface area contributed by atoms with Gasteiger partial charge in [0.05, 0.1) is 14.6 Å². The quantitative estimate of drug-likeness (QED) is 0.717. The minimum atomic E-state index is -0.0346. The number of nitrogens with zero attached hydrogens (tertiary/aromatic N) is 1. The molecule has 3 aromatic rings. The topological polar surface area (TPSA) is 34.0 Å². The van der Waals surface area contributed by atoms with Gasteiger partial charge in [0.25, 0.3) is 5.91 Å². The van der Waals surface area contributed by atoms with Gasteiger partial charge in [-0.2, -0.15) is 0 Å². The SMILES string of the molecule is C[C@H](CCc1ccccc1)NC(=O)c1cc2sc(Cl)cc2n1C. The van der Waals surface area contributed by atoms with Gasteiger partial charge < -0.3 is 9.88 Å². The second-order valence-corrected chi connectivity index (χ2v) is 7.50. The van der Waals surface area contributed by atoms with Crippen LogP contribution in [0.2, 0.25) is 4.34 Å². The Morgan fingerprint density at radius 1 is 1.30 bits per heavy atom. The van der Waals surface area contributed by atoms with Crippen LogP contribution in [-0.2, 0) is 13.5 Å². The molecule has 3 rings (SSSR count). The minimum absolute atomic E-state index is 0.0346. The fourth-order valence-corrected chi connectivity index (χ4v) is 3.90. The number of fused-ring (bicyclic) bond motifs is 1. The van der Waals surface area contributed by atoms with Crippen molar-refractivity contribution in [1.29, 1.82) is 0 Å². The van der Waals surface area contributed by atoms with Crippen LogP contribution in [0.1, 0.15) is 29.4 Å². The number of carbonyl (C=O) groups excluding carboxylic acids is 1. The molecule has 1 aromatic carbocycles. The Balaban J connectivity index is 1.63. The Morgan fingerprint density at radius 2 is 2.04 bits per heavy atom.